The minimum atomic E-state index is 0.608. The van der Waals surface area contributed by atoms with Crippen LogP contribution >= 0.6 is 0 Å². The van der Waals surface area contributed by atoms with Gasteiger partial charge >= 0.3 is 0 Å². The van der Waals surface area contributed by atoms with E-state index in [-0.39, 0.29) is 0 Å². The molecule has 0 aromatic carbocycles. The number of rotatable bonds is 12. The molecule has 0 aliphatic carbocycles. The van der Waals surface area contributed by atoms with Gasteiger partial charge in [-0.05, 0) is 51.2 Å². The van der Waals surface area contributed by atoms with Crippen LogP contribution < -0.4 is 0 Å². The normalized spacial score (nSPS) is 15.0. The minimum absolute atomic E-state index is 0.608. The van der Waals surface area contributed by atoms with E-state index < -0.39 is 0 Å². The average molecular weight is 255 g/mol. The quantitative estimate of drug-likeness (QED) is 0.416. The average Bonchev–Trinajstić information content (AvgIpc) is 2.35. The van der Waals surface area contributed by atoms with Crippen LogP contribution in [-0.4, -0.2) is 25.0 Å². The first-order valence-electron chi connectivity index (χ1n) is 8.26. The van der Waals surface area contributed by atoms with Crippen LogP contribution in [0.5, 0.6) is 0 Å². The Labute approximate surface area is 116 Å². The highest BCUT2D eigenvalue weighted by Gasteiger charge is 2.22. The topological polar surface area (TPSA) is 3.24 Å². The molecule has 0 fully saturated rings. The lowest BCUT2D eigenvalue weighted by Crippen LogP contribution is -2.22. The van der Waals surface area contributed by atoms with Gasteiger partial charge in [-0.1, -0.05) is 59.8 Å². The van der Waals surface area contributed by atoms with Crippen molar-refractivity contribution in [1.29, 1.82) is 0 Å². The van der Waals surface area contributed by atoms with Crippen molar-refractivity contribution < 1.29 is 0 Å². The van der Waals surface area contributed by atoms with Crippen molar-refractivity contribution in [3.8, 4) is 0 Å². The second-order valence-corrected chi connectivity index (χ2v) is 6.37. The Balaban J connectivity index is 3.92. The zero-order valence-corrected chi connectivity index (χ0v) is 13.7. The summed E-state index contributed by atoms with van der Waals surface area (Å²) >= 11 is 0. The largest absolute Gasteiger partial charge is 0.307 e. The van der Waals surface area contributed by atoms with E-state index in [2.05, 4.69) is 39.6 Å². The molecular weight excluding hydrogens is 218 g/mol. The monoisotopic (exact) mass is 255 g/mol. The van der Waals surface area contributed by atoms with Crippen LogP contribution in [0.15, 0.2) is 0 Å². The molecule has 0 bridgehead atoms. The highest BCUT2D eigenvalue weighted by Crippen LogP contribution is 2.35. The molecule has 18 heavy (non-hydrogen) atoms. The third kappa shape index (κ3) is 8.97. The molecule has 0 saturated heterocycles. The maximum Gasteiger partial charge on any atom is -0.00217 e. The van der Waals surface area contributed by atoms with E-state index in [9.17, 15) is 0 Å². The van der Waals surface area contributed by atoms with Crippen molar-refractivity contribution in [2.75, 3.05) is 20.1 Å². The van der Waals surface area contributed by atoms with E-state index in [1.807, 2.05) is 0 Å². The van der Waals surface area contributed by atoms with Crippen LogP contribution in [0.25, 0.3) is 0 Å². The van der Waals surface area contributed by atoms with Crippen molar-refractivity contribution in [3.05, 3.63) is 0 Å². The molecule has 0 aromatic heterocycles. The van der Waals surface area contributed by atoms with E-state index >= 15 is 0 Å². The van der Waals surface area contributed by atoms with Gasteiger partial charge in [0.25, 0.3) is 0 Å². The van der Waals surface area contributed by atoms with Gasteiger partial charge in [-0.3, -0.25) is 0 Å². The van der Waals surface area contributed by atoms with Crippen molar-refractivity contribution in [3.63, 3.8) is 0 Å². The highest BCUT2D eigenvalue weighted by atomic mass is 15.1. The Hall–Kier alpha value is -0.0400. The maximum absolute atomic E-state index is 2.52. The second-order valence-electron chi connectivity index (χ2n) is 6.37. The molecule has 0 spiro atoms. The van der Waals surface area contributed by atoms with E-state index in [0.29, 0.717) is 5.41 Å². The van der Waals surface area contributed by atoms with Gasteiger partial charge in [0.15, 0.2) is 0 Å². The van der Waals surface area contributed by atoms with Gasteiger partial charge < -0.3 is 4.90 Å². The standard InChI is InChI=1S/C17H37N/c1-6-9-10-11-14-17(4,13-7-2)15-12-16-18(5)8-3/h6-16H2,1-5H3. The fourth-order valence-electron chi connectivity index (χ4n) is 2.89. The molecule has 0 aromatic rings. The summed E-state index contributed by atoms with van der Waals surface area (Å²) in [6.07, 6.45) is 12.6. The Bertz CT molecular complexity index is 178. The lowest BCUT2D eigenvalue weighted by Gasteiger charge is -2.30. The highest BCUT2D eigenvalue weighted by molar-refractivity contribution is 4.74. The smallest absolute Gasteiger partial charge is 0.00217 e. The molecule has 0 amide bonds. The van der Waals surface area contributed by atoms with Gasteiger partial charge in [-0.25, -0.2) is 0 Å². The van der Waals surface area contributed by atoms with Gasteiger partial charge in [0.1, 0.15) is 0 Å². The Morgan fingerprint density at radius 3 is 2.00 bits per heavy atom. The van der Waals surface area contributed by atoms with Crippen molar-refractivity contribution in [2.45, 2.75) is 85.5 Å². The zero-order valence-electron chi connectivity index (χ0n) is 13.7. The molecule has 0 saturated carbocycles. The molecule has 1 unspecified atom stereocenters. The van der Waals surface area contributed by atoms with E-state index in [1.165, 1.54) is 70.9 Å². The zero-order chi connectivity index (χ0) is 13.9. The summed E-state index contributed by atoms with van der Waals surface area (Å²) in [6.45, 7) is 11.9. The van der Waals surface area contributed by atoms with Crippen molar-refractivity contribution in [1.82, 2.24) is 4.90 Å². The summed E-state index contributed by atoms with van der Waals surface area (Å²) in [7, 11) is 2.23. The van der Waals surface area contributed by atoms with Crippen LogP contribution in [-0.2, 0) is 0 Å². The lowest BCUT2D eigenvalue weighted by atomic mass is 9.77. The molecule has 1 heteroatoms. The predicted octanol–water partition coefficient (Wildman–Crippen LogP) is 5.50. The summed E-state index contributed by atoms with van der Waals surface area (Å²) in [4.78, 5) is 2.43. The molecular formula is C17H37N. The summed E-state index contributed by atoms with van der Waals surface area (Å²) in [5.41, 5.74) is 0.608. The number of unbranched alkanes of at least 4 members (excludes halogenated alkanes) is 3. The lowest BCUT2D eigenvalue weighted by molar-refractivity contribution is 0.216. The number of hydrogen-bond donors (Lipinski definition) is 0. The van der Waals surface area contributed by atoms with Crippen LogP contribution in [0.2, 0.25) is 0 Å². The maximum atomic E-state index is 2.52. The molecule has 0 heterocycles. The molecule has 1 nitrogen and oxygen atoms in total. The summed E-state index contributed by atoms with van der Waals surface area (Å²) in [5.74, 6) is 0. The van der Waals surface area contributed by atoms with Crippen molar-refractivity contribution >= 4 is 0 Å². The fourth-order valence-corrected chi connectivity index (χ4v) is 2.89. The first-order valence-corrected chi connectivity index (χ1v) is 8.26. The number of nitrogens with zero attached hydrogens (tertiary/aromatic N) is 1. The van der Waals surface area contributed by atoms with Gasteiger partial charge in [0.2, 0.25) is 0 Å². The van der Waals surface area contributed by atoms with Crippen molar-refractivity contribution in [2.24, 2.45) is 5.41 Å². The van der Waals surface area contributed by atoms with E-state index in [1.54, 1.807) is 0 Å². The summed E-state index contributed by atoms with van der Waals surface area (Å²) in [6, 6.07) is 0. The second kappa shape index (κ2) is 10.8. The van der Waals surface area contributed by atoms with Gasteiger partial charge in [0.05, 0.1) is 0 Å². The van der Waals surface area contributed by atoms with Gasteiger partial charge in [-0.2, -0.15) is 0 Å². The first-order chi connectivity index (χ1) is 8.58. The molecule has 0 aliphatic rings. The molecule has 0 N–H and O–H groups in total. The summed E-state index contributed by atoms with van der Waals surface area (Å²) < 4.78 is 0. The van der Waals surface area contributed by atoms with E-state index in [4.69, 9.17) is 0 Å². The Morgan fingerprint density at radius 1 is 0.778 bits per heavy atom. The summed E-state index contributed by atoms with van der Waals surface area (Å²) in [5, 5.41) is 0. The molecule has 0 radical (unpaired) electrons. The SMILES string of the molecule is CCCCCCC(C)(CCC)CCCN(C)CC. The Morgan fingerprint density at radius 2 is 1.44 bits per heavy atom. The van der Waals surface area contributed by atoms with Gasteiger partial charge in [0, 0.05) is 0 Å². The molecule has 0 aliphatic heterocycles. The van der Waals surface area contributed by atoms with Gasteiger partial charge in [-0.15, -0.1) is 0 Å². The van der Waals surface area contributed by atoms with Crippen LogP contribution in [0.3, 0.4) is 0 Å². The third-order valence-electron chi connectivity index (χ3n) is 4.35. The molecule has 0 rings (SSSR count). The minimum Gasteiger partial charge on any atom is -0.307 e. The Kier molecular flexibility index (Phi) is 10.8. The van der Waals surface area contributed by atoms with Crippen LogP contribution in [0, 0.1) is 5.41 Å². The van der Waals surface area contributed by atoms with Crippen LogP contribution in [0.4, 0.5) is 0 Å². The van der Waals surface area contributed by atoms with Crippen LogP contribution in [0.1, 0.15) is 85.5 Å². The number of hydrogen-bond acceptors (Lipinski definition) is 1. The predicted molar refractivity (Wildman–Crippen MR) is 84.2 cm³/mol. The fraction of sp³-hybridized carbons (Fsp3) is 1.00. The molecule has 1 atom stereocenters. The first kappa shape index (κ1) is 18.0. The van der Waals surface area contributed by atoms with E-state index in [0.717, 1.165) is 0 Å². The third-order valence-corrected chi connectivity index (χ3v) is 4.35. The molecule has 110 valence electrons.